The molecule has 1 heterocycles. The fraction of sp³-hybridized carbons (Fsp3) is 0.421. The van der Waals surface area contributed by atoms with E-state index in [0.717, 1.165) is 22.9 Å². The molecule has 0 aliphatic carbocycles. The first-order valence-corrected chi connectivity index (χ1v) is 8.32. The Kier molecular flexibility index (Phi) is 5.90. The van der Waals surface area contributed by atoms with Gasteiger partial charge in [0, 0.05) is 11.4 Å². The first-order valence-electron chi connectivity index (χ1n) is 8.32. The molecule has 2 rings (SSSR count). The number of esters is 1. The van der Waals surface area contributed by atoms with E-state index in [1.165, 1.54) is 0 Å². The number of pyridine rings is 1. The Balaban J connectivity index is 2.22. The number of para-hydroxylation sites is 1. The van der Waals surface area contributed by atoms with Crippen LogP contribution in [0.25, 0.3) is 10.9 Å². The minimum atomic E-state index is -0.498. The predicted octanol–water partition coefficient (Wildman–Crippen LogP) is 3.18. The Bertz CT molecular complexity index is 756. The molecule has 5 heteroatoms. The Hall–Kier alpha value is -2.43. The van der Waals surface area contributed by atoms with Crippen LogP contribution in [0.2, 0.25) is 0 Å². The van der Waals surface area contributed by atoms with Gasteiger partial charge in [-0.05, 0) is 38.3 Å². The number of nitrogens with one attached hydrogen (secondary N) is 1. The zero-order valence-electron chi connectivity index (χ0n) is 14.7. The van der Waals surface area contributed by atoms with Gasteiger partial charge < -0.3 is 10.1 Å². The van der Waals surface area contributed by atoms with Gasteiger partial charge in [-0.1, -0.05) is 32.0 Å². The molecule has 0 radical (unpaired) electrons. The van der Waals surface area contributed by atoms with Crippen LogP contribution in [0.5, 0.6) is 0 Å². The van der Waals surface area contributed by atoms with Crippen LogP contribution in [0.15, 0.2) is 24.3 Å². The van der Waals surface area contributed by atoms with Crippen molar-refractivity contribution >= 4 is 22.8 Å². The molecule has 1 aromatic carbocycles. The van der Waals surface area contributed by atoms with Gasteiger partial charge >= 0.3 is 5.97 Å². The van der Waals surface area contributed by atoms with Crippen molar-refractivity contribution < 1.29 is 14.3 Å². The summed E-state index contributed by atoms with van der Waals surface area (Å²) in [5.74, 6) is -0.788. The maximum atomic E-state index is 12.5. The Labute approximate surface area is 142 Å². The predicted molar refractivity (Wildman–Crippen MR) is 94.0 cm³/mol. The number of rotatable bonds is 6. The minimum Gasteiger partial charge on any atom is -0.452 e. The summed E-state index contributed by atoms with van der Waals surface area (Å²) in [5, 5.41) is 3.70. The molecule has 0 aliphatic heterocycles. The van der Waals surface area contributed by atoms with E-state index in [4.69, 9.17) is 4.74 Å². The van der Waals surface area contributed by atoms with E-state index >= 15 is 0 Å². The van der Waals surface area contributed by atoms with E-state index in [1.807, 2.05) is 52.0 Å². The van der Waals surface area contributed by atoms with Crippen molar-refractivity contribution in [2.45, 2.75) is 46.6 Å². The standard InChI is InChI=1S/C19H24N2O3/c1-5-12(3)20-17(22)11-24-19(23)18-13(4)14-9-7-8-10-16(14)21-15(18)6-2/h7-10,12H,5-6,11H2,1-4H3,(H,20,22)/t12-/m1/s1. The lowest BCUT2D eigenvalue weighted by atomic mass is 10.0. The Morgan fingerprint density at radius 3 is 2.62 bits per heavy atom. The van der Waals surface area contributed by atoms with E-state index in [0.29, 0.717) is 17.7 Å². The van der Waals surface area contributed by atoms with Crippen LogP contribution in [-0.4, -0.2) is 29.5 Å². The van der Waals surface area contributed by atoms with Gasteiger partial charge in [-0.3, -0.25) is 9.78 Å². The highest BCUT2D eigenvalue weighted by molar-refractivity contribution is 5.99. The average Bonchev–Trinajstić information content (AvgIpc) is 2.59. The van der Waals surface area contributed by atoms with Gasteiger partial charge in [0.2, 0.25) is 0 Å². The number of amides is 1. The summed E-state index contributed by atoms with van der Waals surface area (Å²) in [6.07, 6.45) is 1.45. The molecular formula is C19H24N2O3. The molecule has 5 nitrogen and oxygen atoms in total. The van der Waals surface area contributed by atoms with Crippen molar-refractivity contribution in [2.75, 3.05) is 6.61 Å². The van der Waals surface area contributed by atoms with Crippen LogP contribution in [0.1, 0.15) is 48.8 Å². The number of hydrogen-bond donors (Lipinski definition) is 1. The third kappa shape index (κ3) is 3.91. The molecule has 0 bridgehead atoms. The SMILES string of the molecule is CCc1nc2ccccc2c(C)c1C(=O)OCC(=O)N[C@H](C)CC. The van der Waals surface area contributed by atoms with E-state index < -0.39 is 5.97 Å². The topological polar surface area (TPSA) is 68.3 Å². The molecule has 0 saturated carbocycles. The smallest absolute Gasteiger partial charge is 0.340 e. The lowest BCUT2D eigenvalue weighted by Crippen LogP contribution is -2.35. The van der Waals surface area contributed by atoms with E-state index in [9.17, 15) is 9.59 Å². The molecule has 1 aromatic heterocycles. The lowest BCUT2D eigenvalue weighted by Gasteiger charge is -2.14. The molecule has 1 amide bonds. The van der Waals surface area contributed by atoms with Gasteiger partial charge in [-0.25, -0.2) is 4.79 Å². The summed E-state index contributed by atoms with van der Waals surface area (Å²) < 4.78 is 5.22. The van der Waals surface area contributed by atoms with Crippen molar-refractivity contribution in [3.05, 3.63) is 41.1 Å². The van der Waals surface area contributed by atoms with Crippen molar-refractivity contribution in [1.29, 1.82) is 0 Å². The highest BCUT2D eigenvalue weighted by atomic mass is 16.5. The number of carbonyl (C=O) groups is 2. The maximum absolute atomic E-state index is 12.5. The fourth-order valence-electron chi connectivity index (χ4n) is 2.59. The molecule has 24 heavy (non-hydrogen) atoms. The number of carbonyl (C=O) groups excluding carboxylic acids is 2. The molecule has 0 unspecified atom stereocenters. The minimum absolute atomic E-state index is 0.0616. The van der Waals surface area contributed by atoms with Crippen molar-refractivity contribution in [3.8, 4) is 0 Å². The Morgan fingerprint density at radius 1 is 1.25 bits per heavy atom. The molecular weight excluding hydrogens is 304 g/mol. The molecule has 0 aliphatic rings. The number of aromatic nitrogens is 1. The summed E-state index contributed by atoms with van der Waals surface area (Å²) in [6, 6.07) is 7.76. The summed E-state index contributed by atoms with van der Waals surface area (Å²) in [6.45, 7) is 7.45. The largest absolute Gasteiger partial charge is 0.452 e. The van der Waals surface area contributed by atoms with Crippen molar-refractivity contribution in [3.63, 3.8) is 0 Å². The van der Waals surface area contributed by atoms with E-state index in [-0.39, 0.29) is 18.6 Å². The van der Waals surface area contributed by atoms with Crippen molar-refractivity contribution in [1.82, 2.24) is 10.3 Å². The molecule has 0 fully saturated rings. The number of nitrogens with zero attached hydrogens (tertiary/aromatic N) is 1. The lowest BCUT2D eigenvalue weighted by molar-refractivity contribution is -0.124. The summed E-state index contributed by atoms with van der Waals surface area (Å²) in [5.41, 5.74) is 2.86. The van der Waals surface area contributed by atoms with Crippen LogP contribution in [0, 0.1) is 6.92 Å². The van der Waals surface area contributed by atoms with Gasteiger partial charge in [0.1, 0.15) is 0 Å². The van der Waals surface area contributed by atoms with Crippen LogP contribution in [-0.2, 0) is 16.0 Å². The third-order valence-electron chi connectivity index (χ3n) is 4.12. The number of benzene rings is 1. The van der Waals surface area contributed by atoms with E-state index in [1.54, 1.807) is 0 Å². The average molecular weight is 328 g/mol. The Morgan fingerprint density at radius 2 is 1.96 bits per heavy atom. The first-order chi connectivity index (χ1) is 11.5. The van der Waals surface area contributed by atoms with Crippen LogP contribution in [0.4, 0.5) is 0 Å². The zero-order valence-corrected chi connectivity index (χ0v) is 14.7. The second-order valence-corrected chi connectivity index (χ2v) is 5.88. The number of ether oxygens (including phenoxy) is 1. The first kappa shape index (κ1) is 17.9. The van der Waals surface area contributed by atoms with Gasteiger partial charge in [-0.2, -0.15) is 0 Å². The molecule has 1 atom stereocenters. The zero-order chi connectivity index (χ0) is 17.7. The second kappa shape index (κ2) is 7.90. The van der Waals surface area contributed by atoms with Crippen LogP contribution < -0.4 is 5.32 Å². The summed E-state index contributed by atoms with van der Waals surface area (Å²) in [7, 11) is 0. The fourth-order valence-corrected chi connectivity index (χ4v) is 2.59. The van der Waals surface area contributed by atoms with Crippen LogP contribution >= 0.6 is 0 Å². The number of aryl methyl sites for hydroxylation is 2. The quantitative estimate of drug-likeness (QED) is 0.827. The molecule has 0 saturated heterocycles. The highest BCUT2D eigenvalue weighted by Crippen LogP contribution is 2.24. The monoisotopic (exact) mass is 328 g/mol. The third-order valence-corrected chi connectivity index (χ3v) is 4.12. The van der Waals surface area contributed by atoms with Gasteiger partial charge in [0.25, 0.3) is 5.91 Å². The normalized spacial score (nSPS) is 12.0. The summed E-state index contributed by atoms with van der Waals surface area (Å²) in [4.78, 5) is 28.9. The summed E-state index contributed by atoms with van der Waals surface area (Å²) >= 11 is 0. The highest BCUT2D eigenvalue weighted by Gasteiger charge is 2.20. The van der Waals surface area contributed by atoms with Gasteiger partial charge in [-0.15, -0.1) is 0 Å². The molecule has 128 valence electrons. The second-order valence-electron chi connectivity index (χ2n) is 5.88. The maximum Gasteiger partial charge on any atom is 0.340 e. The molecule has 0 spiro atoms. The molecule has 1 N–H and O–H groups in total. The number of fused-ring (bicyclic) bond motifs is 1. The number of hydrogen-bond acceptors (Lipinski definition) is 4. The van der Waals surface area contributed by atoms with Gasteiger partial charge in [0.15, 0.2) is 6.61 Å². The molecule has 2 aromatic rings. The van der Waals surface area contributed by atoms with E-state index in [2.05, 4.69) is 10.3 Å². The van der Waals surface area contributed by atoms with Crippen molar-refractivity contribution in [2.24, 2.45) is 0 Å². The van der Waals surface area contributed by atoms with Gasteiger partial charge in [0.05, 0.1) is 16.8 Å². The van der Waals surface area contributed by atoms with Crippen LogP contribution in [0.3, 0.4) is 0 Å².